The van der Waals surface area contributed by atoms with E-state index in [2.05, 4.69) is 0 Å². The van der Waals surface area contributed by atoms with E-state index >= 15 is 0 Å². The van der Waals surface area contributed by atoms with Crippen LogP contribution >= 0.6 is 0 Å². The van der Waals surface area contributed by atoms with Gasteiger partial charge in [-0.25, -0.2) is 4.79 Å². The predicted molar refractivity (Wildman–Crippen MR) is 70.4 cm³/mol. The summed E-state index contributed by atoms with van der Waals surface area (Å²) >= 11 is 0. The molecule has 0 unspecified atom stereocenters. The van der Waals surface area contributed by atoms with Crippen molar-refractivity contribution in [2.24, 2.45) is 5.73 Å². The fraction of sp³-hybridized carbons (Fsp3) is 0.429. The molecule has 19 heavy (non-hydrogen) atoms. The lowest BCUT2D eigenvalue weighted by Crippen LogP contribution is -2.53. The number of fused-ring (bicyclic) bond motifs is 1. The molecule has 5 heteroatoms. The highest BCUT2D eigenvalue weighted by atomic mass is 16.4. The van der Waals surface area contributed by atoms with E-state index in [1.54, 1.807) is 0 Å². The number of rotatable bonds is 3. The number of benzene rings is 1. The minimum atomic E-state index is -0.980. The quantitative estimate of drug-likeness (QED) is 0.842. The summed E-state index contributed by atoms with van der Waals surface area (Å²) in [5, 5.41) is 9.30. The van der Waals surface area contributed by atoms with E-state index in [-0.39, 0.29) is 5.91 Å². The molecule has 1 heterocycles. The predicted octanol–water partition coefficient (Wildman–Crippen LogP) is 0.762. The highest BCUT2D eigenvalue weighted by Gasteiger charge is 2.35. The third kappa shape index (κ3) is 2.61. The van der Waals surface area contributed by atoms with Crippen LogP contribution in [0.4, 0.5) is 0 Å². The van der Waals surface area contributed by atoms with Crippen LogP contribution in [0.5, 0.6) is 0 Å². The molecule has 0 saturated heterocycles. The zero-order valence-electron chi connectivity index (χ0n) is 10.9. The maximum Gasteiger partial charge on any atom is 0.326 e. The molecule has 0 spiro atoms. The summed E-state index contributed by atoms with van der Waals surface area (Å²) in [4.78, 5) is 24.9. The molecule has 102 valence electrons. The topological polar surface area (TPSA) is 83.6 Å². The Bertz CT molecular complexity index is 501. The van der Waals surface area contributed by atoms with Crippen molar-refractivity contribution in [3.63, 3.8) is 0 Å². The number of hydrogen-bond acceptors (Lipinski definition) is 3. The molecule has 1 aliphatic heterocycles. The number of aliphatic carboxylic acids is 1. The van der Waals surface area contributed by atoms with E-state index in [0.29, 0.717) is 19.4 Å². The first-order valence-electron chi connectivity index (χ1n) is 6.40. The second kappa shape index (κ2) is 5.40. The van der Waals surface area contributed by atoms with Crippen LogP contribution in [0, 0.1) is 0 Å². The minimum absolute atomic E-state index is 0.288. The van der Waals surface area contributed by atoms with E-state index < -0.39 is 18.1 Å². The van der Waals surface area contributed by atoms with Gasteiger partial charge in [0.15, 0.2) is 0 Å². The fourth-order valence-corrected chi connectivity index (χ4v) is 2.36. The van der Waals surface area contributed by atoms with Gasteiger partial charge in [0, 0.05) is 13.0 Å². The van der Waals surface area contributed by atoms with Crippen molar-refractivity contribution in [1.29, 1.82) is 0 Å². The molecule has 1 aromatic rings. The Balaban J connectivity index is 2.31. The van der Waals surface area contributed by atoms with Crippen LogP contribution in [0.2, 0.25) is 0 Å². The van der Waals surface area contributed by atoms with Crippen LogP contribution in [0.15, 0.2) is 24.3 Å². The van der Waals surface area contributed by atoms with Gasteiger partial charge in [0.2, 0.25) is 5.91 Å². The fourth-order valence-electron chi connectivity index (χ4n) is 2.36. The molecule has 1 amide bonds. The molecule has 1 aliphatic rings. The second-order valence-corrected chi connectivity index (χ2v) is 4.81. The molecule has 5 nitrogen and oxygen atoms in total. The maximum absolute atomic E-state index is 12.2. The van der Waals surface area contributed by atoms with Crippen molar-refractivity contribution < 1.29 is 14.7 Å². The van der Waals surface area contributed by atoms with Gasteiger partial charge in [0.25, 0.3) is 0 Å². The summed E-state index contributed by atoms with van der Waals surface area (Å²) in [6, 6.07) is 6.15. The molecule has 0 radical (unpaired) electrons. The first kappa shape index (κ1) is 13.5. The van der Waals surface area contributed by atoms with Gasteiger partial charge in [-0.1, -0.05) is 31.2 Å². The molecule has 0 bridgehead atoms. The summed E-state index contributed by atoms with van der Waals surface area (Å²) in [6.45, 7) is 2.13. The Kier molecular flexibility index (Phi) is 3.85. The molecule has 3 N–H and O–H groups in total. The number of carboxylic acids is 1. The van der Waals surface area contributed by atoms with Crippen molar-refractivity contribution >= 4 is 11.9 Å². The van der Waals surface area contributed by atoms with Crippen molar-refractivity contribution in [2.75, 3.05) is 0 Å². The highest BCUT2D eigenvalue weighted by molar-refractivity contribution is 5.87. The number of carbonyl (C=O) groups is 2. The van der Waals surface area contributed by atoms with Crippen LogP contribution in [-0.4, -0.2) is 34.0 Å². The Morgan fingerprint density at radius 3 is 2.63 bits per heavy atom. The van der Waals surface area contributed by atoms with Gasteiger partial charge in [-0.2, -0.15) is 0 Å². The number of carboxylic acid groups (broad SMARTS) is 1. The summed E-state index contributed by atoms with van der Waals surface area (Å²) in [5.41, 5.74) is 7.73. The highest BCUT2D eigenvalue weighted by Crippen LogP contribution is 2.24. The van der Waals surface area contributed by atoms with Crippen molar-refractivity contribution in [1.82, 2.24) is 4.90 Å². The minimum Gasteiger partial charge on any atom is -0.480 e. The molecule has 2 rings (SSSR count). The van der Waals surface area contributed by atoms with Crippen LogP contribution < -0.4 is 5.73 Å². The lowest BCUT2D eigenvalue weighted by atomic mass is 9.93. The normalized spacial score (nSPS) is 19.7. The van der Waals surface area contributed by atoms with Gasteiger partial charge in [0.05, 0.1) is 6.04 Å². The first-order valence-corrected chi connectivity index (χ1v) is 6.40. The first-order chi connectivity index (χ1) is 9.04. The van der Waals surface area contributed by atoms with Gasteiger partial charge < -0.3 is 15.7 Å². The Morgan fingerprint density at radius 1 is 1.42 bits per heavy atom. The van der Waals surface area contributed by atoms with E-state index in [9.17, 15) is 14.7 Å². The van der Waals surface area contributed by atoms with Gasteiger partial charge >= 0.3 is 5.97 Å². The summed E-state index contributed by atoms with van der Waals surface area (Å²) in [7, 11) is 0. The molecule has 1 aromatic carbocycles. The molecule has 0 saturated carbocycles. The van der Waals surface area contributed by atoms with Gasteiger partial charge in [-0.05, 0) is 17.5 Å². The maximum atomic E-state index is 12.2. The van der Waals surface area contributed by atoms with Gasteiger partial charge in [-0.15, -0.1) is 0 Å². The van der Waals surface area contributed by atoms with E-state index in [4.69, 9.17) is 5.73 Å². The van der Waals surface area contributed by atoms with Gasteiger partial charge in [0.1, 0.15) is 6.04 Å². The van der Waals surface area contributed by atoms with E-state index in [1.807, 2.05) is 31.2 Å². The Hall–Kier alpha value is -1.88. The van der Waals surface area contributed by atoms with Crippen LogP contribution in [-0.2, 0) is 22.6 Å². The zero-order chi connectivity index (χ0) is 14.0. The average molecular weight is 262 g/mol. The third-order valence-corrected chi connectivity index (χ3v) is 3.57. The smallest absolute Gasteiger partial charge is 0.326 e. The van der Waals surface area contributed by atoms with E-state index in [0.717, 1.165) is 11.1 Å². The molecule has 0 fully saturated rings. The largest absolute Gasteiger partial charge is 0.480 e. The SMILES string of the molecule is CC[C@H](N)C(=O)N1Cc2ccccc2C[C@@H]1C(=O)O. The van der Waals surface area contributed by atoms with E-state index in [1.165, 1.54) is 4.90 Å². The standard InChI is InChI=1S/C14H18N2O3/c1-2-11(15)13(17)16-8-10-6-4-3-5-9(10)7-12(16)14(18)19/h3-6,11-12H,2,7-8,15H2,1H3,(H,18,19)/t11-,12+/m0/s1. The number of hydrogen-bond donors (Lipinski definition) is 2. The Morgan fingerprint density at radius 2 is 2.05 bits per heavy atom. The van der Waals surface area contributed by atoms with Gasteiger partial charge in [-0.3, -0.25) is 4.79 Å². The summed E-state index contributed by atoms with van der Waals surface area (Å²) in [5.74, 6) is -1.27. The van der Waals surface area contributed by atoms with Crippen molar-refractivity contribution in [3.05, 3.63) is 35.4 Å². The lowest BCUT2D eigenvalue weighted by molar-refractivity contribution is -0.152. The molecule has 0 aromatic heterocycles. The number of nitrogens with two attached hydrogens (primary N) is 1. The van der Waals surface area contributed by atoms with Crippen LogP contribution in [0.3, 0.4) is 0 Å². The average Bonchev–Trinajstić information content (AvgIpc) is 2.44. The second-order valence-electron chi connectivity index (χ2n) is 4.81. The zero-order valence-corrected chi connectivity index (χ0v) is 10.9. The van der Waals surface area contributed by atoms with Crippen molar-refractivity contribution in [3.8, 4) is 0 Å². The third-order valence-electron chi connectivity index (χ3n) is 3.57. The Labute approximate surface area is 112 Å². The number of nitrogens with zero attached hydrogens (tertiary/aromatic N) is 1. The summed E-state index contributed by atoms with van der Waals surface area (Å²) < 4.78 is 0. The van der Waals surface area contributed by atoms with Crippen LogP contribution in [0.25, 0.3) is 0 Å². The molecule has 2 atom stereocenters. The number of carbonyl (C=O) groups excluding carboxylic acids is 1. The molecular formula is C14H18N2O3. The molecular weight excluding hydrogens is 244 g/mol. The number of amides is 1. The lowest BCUT2D eigenvalue weighted by Gasteiger charge is -2.35. The molecule has 0 aliphatic carbocycles. The van der Waals surface area contributed by atoms with Crippen molar-refractivity contribution in [2.45, 2.75) is 38.4 Å². The summed E-state index contributed by atoms with van der Waals surface area (Å²) in [6.07, 6.45) is 0.844. The van der Waals surface area contributed by atoms with Crippen LogP contribution in [0.1, 0.15) is 24.5 Å². The monoisotopic (exact) mass is 262 g/mol.